The van der Waals surface area contributed by atoms with Crippen LogP contribution in [0.1, 0.15) is 18.5 Å². The number of amides is 1. The molecule has 8 nitrogen and oxygen atoms in total. The van der Waals surface area contributed by atoms with Gasteiger partial charge in [-0.15, -0.1) is 0 Å². The van der Waals surface area contributed by atoms with E-state index in [2.05, 4.69) is 10.3 Å². The van der Waals surface area contributed by atoms with Gasteiger partial charge in [0.1, 0.15) is 6.54 Å². The van der Waals surface area contributed by atoms with E-state index in [1.807, 2.05) is 6.07 Å². The number of non-ortho nitro benzene ring substituents is 1. The van der Waals surface area contributed by atoms with E-state index >= 15 is 0 Å². The van der Waals surface area contributed by atoms with Crippen LogP contribution in [-0.2, 0) is 11.3 Å². The summed E-state index contributed by atoms with van der Waals surface area (Å²) in [5.41, 5.74) is 0.428. The van der Waals surface area contributed by atoms with E-state index in [0.29, 0.717) is 10.5 Å². The molecule has 0 fully saturated rings. The Balaban J connectivity index is 1.81. The van der Waals surface area contributed by atoms with Crippen molar-refractivity contribution in [2.75, 3.05) is 0 Å². The van der Waals surface area contributed by atoms with Crippen molar-refractivity contribution < 1.29 is 9.72 Å². The van der Waals surface area contributed by atoms with Crippen molar-refractivity contribution in [3.05, 3.63) is 79.8 Å². The number of nitrogens with one attached hydrogen (secondary N) is 1. The first kappa shape index (κ1) is 18.5. The van der Waals surface area contributed by atoms with E-state index in [1.165, 1.54) is 18.5 Å². The summed E-state index contributed by atoms with van der Waals surface area (Å²) in [6.07, 6.45) is 1.25. The SMILES string of the molecule is C[C@H](NC(=O)Cn1cnc2ccc([N+](=O)[O-])cc2c1=O)c1cccc(Cl)c1. The summed E-state index contributed by atoms with van der Waals surface area (Å²) >= 11 is 5.95. The lowest BCUT2D eigenvalue weighted by molar-refractivity contribution is -0.384. The van der Waals surface area contributed by atoms with Crippen LogP contribution in [0.5, 0.6) is 0 Å². The van der Waals surface area contributed by atoms with Gasteiger partial charge in [0.15, 0.2) is 0 Å². The number of hydrogen-bond acceptors (Lipinski definition) is 5. The second-order valence-electron chi connectivity index (χ2n) is 5.98. The van der Waals surface area contributed by atoms with Gasteiger partial charge in [0.2, 0.25) is 5.91 Å². The van der Waals surface area contributed by atoms with Gasteiger partial charge in [-0.2, -0.15) is 0 Å². The maximum Gasteiger partial charge on any atom is 0.270 e. The molecular formula is C18H15ClN4O4. The molecule has 1 aromatic heterocycles. The fourth-order valence-electron chi connectivity index (χ4n) is 2.67. The summed E-state index contributed by atoms with van der Waals surface area (Å²) in [5, 5.41) is 14.3. The molecule has 0 aliphatic carbocycles. The Morgan fingerprint density at radius 2 is 2.11 bits per heavy atom. The van der Waals surface area contributed by atoms with Gasteiger partial charge in [-0.1, -0.05) is 23.7 Å². The van der Waals surface area contributed by atoms with Crippen LogP contribution in [0.3, 0.4) is 0 Å². The zero-order valence-electron chi connectivity index (χ0n) is 14.3. The Morgan fingerprint density at radius 3 is 2.81 bits per heavy atom. The minimum Gasteiger partial charge on any atom is -0.348 e. The average Bonchev–Trinajstić information content (AvgIpc) is 2.63. The van der Waals surface area contributed by atoms with Crippen LogP contribution in [0.4, 0.5) is 5.69 Å². The molecule has 1 heterocycles. The number of carbonyl (C=O) groups is 1. The highest BCUT2D eigenvalue weighted by Crippen LogP contribution is 2.18. The van der Waals surface area contributed by atoms with Crippen LogP contribution < -0.4 is 10.9 Å². The van der Waals surface area contributed by atoms with Crippen molar-refractivity contribution in [1.82, 2.24) is 14.9 Å². The lowest BCUT2D eigenvalue weighted by Gasteiger charge is -2.15. The predicted octanol–water partition coefficient (Wildman–Crippen LogP) is 2.84. The summed E-state index contributed by atoms with van der Waals surface area (Å²) in [6.45, 7) is 1.55. The number of rotatable bonds is 5. The lowest BCUT2D eigenvalue weighted by Crippen LogP contribution is -2.34. The third-order valence-corrected chi connectivity index (χ3v) is 4.29. The Hall–Kier alpha value is -3.26. The van der Waals surface area contributed by atoms with E-state index in [4.69, 9.17) is 11.6 Å². The molecule has 0 radical (unpaired) electrons. The summed E-state index contributed by atoms with van der Waals surface area (Å²) in [5.74, 6) is -0.392. The second-order valence-corrected chi connectivity index (χ2v) is 6.42. The number of halogens is 1. The molecule has 3 rings (SSSR count). The quantitative estimate of drug-likeness (QED) is 0.536. The monoisotopic (exact) mass is 386 g/mol. The summed E-state index contributed by atoms with van der Waals surface area (Å²) < 4.78 is 1.12. The van der Waals surface area contributed by atoms with Crippen LogP contribution in [0, 0.1) is 10.1 Å². The molecule has 0 spiro atoms. The fraction of sp³-hybridized carbons (Fsp3) is 0.167. The van der Waals surface area contributed by atoms with Gasteiger partial charge >= 0.3 is 0 Å². The Labute approximate surface area is 158 Å². The Bertz CT molecular complexity index is 1100. The molecule has 0 saturated heterocycles. The van der Waals surface area contributed by atoms with Gasteiger partial charge < -0.3 is 5.32 Å². The number of fused-ring (bicyclic) bond motifs is 1. The summed E-state index contributed by atoms with van der Waals surface area (Å²) in [6, 6.07) is 10.6. The maximum atomic E-state index is 12.5. The van der Waals surface area contributed by atoms with E-state index in [0.717, 1.165) is 16.2 Å². The third-order valence-electron chi connectivity index (χ3n) is 4.06. The molecule has 1 atom stereocenters. The molecular weight excluding hydrogens is 372 g/mol. The number of carbonyl (C=O) groups excluding carboxylic acids is 1. The third kappa shape index (κ3) is 4.12. The van der Waals surface area contributed by atoms with Crippen LogP contribution in [0.25, 0.3) is 10.9 Å². The molecule has 138 valence electrons. The standard InChI is InChI=1S/C18H15ClN4O4/c1-11(12-3-2-4-13(19)7-12)21-17(24)9-22-10-20-16-6-5-14(23(26)27)8-15(16)18(22)25/h2-8,10-11H,9H2,1H3,(H,21,24)/t11-/m0/s1. The highest BCUT2D eigenvalue weighted by molar-refractivity contribution is 6.30. The van der Waals surface area contributed by atoms with E-state index < -0.39 is 16.4 Å². The van der Waals surface area contributed by atoms with Gasteiger partial charge in [-0.3, -0.25) is 24.3 Å². The molecule has 27 heavy (non-hydrogen) atoms. The number of hydrogen-bond donors (Lipinski definition) is 1. The van der Waals surface area contributed by atoms with Crippen LogP contribution in [0.15, 0.2) is 53.6 Å². The van der Waals surface area contributed by atoms with Crippen molar-refractivity contribution >= 4 is 34.1 Å². The number of aromatic nitrogens is 2. The Kier molecular flexibility index (Phi) is 5.18. The van der Waals surface area contributed by atoms with E-state index in [1.54, 1.807) is 25.1 Å². The number of nitrogens with zero attached hydrogens (tertiary/aromatic N) is 3. The first-order valence-electron chi connectivity index (χ1n) is 8.03. The zero-order chi connectivity index (χ0) is 19.6. The van der Waals surface area contributed by atoms with Gasteiger partial charge in [0.05, 0.1) is 28.2 Å². The first-order chi connectivity index (χ1) is 12.8. The highest BCUT2D eigenvalue weighted by atomic mass is 35.5. The molecule has 1 N–H and O–H groups in total. The molecule has 9 heteroatoms. The van der Waals surface area contributed by atoms with Crippen LogP contribution >= 0.6 is 11.6 Å². The van der Waals surface area contributed by atoms with Crippen molar-refractivity contribution in [2.24, 2.45) is 0 Å². The summed E-state index contributed by atoms with van der Waals surface area (Å²) in [4.78, 5) is 39.2. The van der Waals surface area contributed by atoms with Crippen LogP contribution in [0.2, 0.25) is 5.02 Å². The average molecular weight is 387 g/mol. The van der Waals surface area contributed by atoms with Gasteiger partial charge in [0.25, 0.3) is 11.2 Å². The minimum atomic E-state index is -0.588. The Morgan fingerprint density at radius 1 is 1.33 bits per heavy atom. The molecule has 0 aliphatic heterocycles. The molecule has 3 aromatic rings. The second kappa shape index (κ2) is 7.55. The number of benzene rings is 2. The smallest absolute Gasteiger partial charge is 0.270 e. The van der Waals surface area contributed by atoms with Gasteiger partial charge in [0, 0.05) is 17.2 Å². The molecule has 0 unspecified atom stereocenters. The normalized spacial score (nSPS) is 11.9. The highest BCUT2D eigenvalue weighted by Gasteiger charge is 2.14. The summed E-state index contributed by atoms with van der Waals surface area (Å²) in [7, 11) is 0. The topological polar surface area (TPSA) is 107 Å². The zero-order valence-corrected chi connectivity index (χ0v) is 15.0. The first-order valence-corrected chi connectivity index (χ1v) is 8.41. The van der Waals surface area contributed by atoms with Crippen molar-refractivity contribution in [3.63, 3.8) is 0 Å². The largest absolute Gasteiger partial charge is 0.348 e. The van der Waals surface area contributed by atoms with Crippen molar-refractivity contribution in [1.29, 1.82) is 0 Å². The van der Waals surface area contributed by atoms with Gasteiger partial charge in [-0.25, -0.2) is 4.98 Å². The van der Waals surface area contributed by atoms with E-state index in [9.17, 15) is 19.7 Å². The number of nitro groups is 1. The number of nitro benzene ring substituents is 1. The lowest BCUT2D eigenvalue weighted by atomic mass is 10.1. The van der Waals surface area contributed by atoms with Crippen LogP contribution in [-0.4, -0.2) is 20.4 Å². The molecule has 0 bridgehead atoms. The maximum absolute atomic E-state index is 12.5. The molecule has 0 saturated carbocycles. The molecule has 1 amide bonds. The van der Waals surface area contributed by atoms with Crippen molar-refractivity contribution in [2.45, 2.75) is 19.5 Å². The molecule has 2 aromatic carbocycles. The van der Waals surface area contributed by atoms with Crippen molar-refractivity contribution in [3.8, 4) is 0 Å². The van der Waals surface area contributed by atoms with E-state index in [-0.39, 0.29) is 23.7 Å². The predicted molar refractivity (Wildman–Crippen MR) is 101 cm³/mol. The van der Waals surface area contributed by atoms with Gasteiger partial charge in [-0.05, 0) is 30.7 Å². The fourth-order valence-corrected chi connectivity index (χ4v) is 2.87. The molecule has 0 aliphatic rings. The minimum absolute atomic E-state index is 0.0855.